The molecule has 0 bridgehead atoms. The van der Waals surface area contributed by atoms with Crippen molar-refractivity contribution in [1.29, 1.82) is 0 Å². The molecule has 3 heteroatoms. The zero-order valence-corrected chi connectivity index (χ0v) is 12.2. The fourth-order valence-corrected chi connectivity index (χ4v) is 2.83. The summed E-state index contributed by atoms with van der Waals surface area (Å²) in [6.07, 6.45) is 6.40. The van der Waals surface area contributed by atoms with Crippen LogP contribution in [0.4, 0.5) is 4.39 Å². The van der Waals surface area contributed by atoms with E-state index in [1.807, 2.05) is 12.1 Å². The molecule has 0 radical (unpaired) electrons. The van der Waals surface area contributed by atoms with Crippen molar-refractivity contribution in [2.45, 2.75) is 44.7 Å². The average molecular weight is 274 g/mol. The monoisotopic (exact) mass is 274 g/mol. The molecule has 1 aliphatic rings. The van der Waals surface area contributed by atoms with Gasteiger partial charge in [0.05, 0.1) is 6.54 Å². The Hall–Kier alpha value is -1.37. The fraction of sp³-hybridized carbons (Fsp3) is 0.529. The molecule has 1 aromatic carbocycles. The second-order valence-electron chi connectivity index (χ2n) is 5.52. The highest BCUT2D eigenvalue weighted by Gasteiger charge is 2.18. The van der Waals surface area contributed by atoms with Gasteiger partial charge in [-0.2, -0.15) is 0 Å². The third kappa shape index (κ3) is 4.06. The SMILES string of the molecule is CN(Cc1ccc(C#CCN)cc1F)C1CCCCC1. The number of nitrogens with two attached hydrogens (primary N) is 1. The Kier molecular flexibility index (Phi) is 5.58. The van der Waals surface area contributed by atoms with Crippen molar-refractivity contribution in [3.8, 4) is 11.8 Å². The Bertz CT molecular complexity index is 495. The van der Waals surface area contributed by atoms with E-state index in [2.05, 4.69) is 23.8 Å². The lowest BCUT2D eigenvalue weighted by Gasteiger charge is -2.31. The first-order chi connectivity index (χ1) is 9.70. The van der Waals surface area contributed by atoms with Gasteiger partial charge in [0.25, 0.3) is 0 Å². The largest absolute Gasteiger partial charge is 0.320 e. The second kappa shape index (κ2) is 7.42. The van der Waals surface area contributed by atoms with Crippen LogP contribution in [0.5, 0.6) is 0 Å². The minimum Gasteiger partial charge on any atom is -0.320 e. The first-order valence-corrected chi connectivity index (χ1v) is 7.38. The van der Waals surface area contributed by atoms with Gasteiger partial charge in [-0.15, -0.1) is 0 Å². The highest BCUT2D eigenvalue weighted by atomic mass is 19.1. The number of hydrogen-bond acceptors (Lipinski definition) is 2. The predicted molar refractivity (Wildman–Crippen MR) is 80.7 cm³/mol. The quantitative estimate of drug-likeness (QED) is 0.859. The molecule has 2 N–H and O–H groups in total. The molecule has 0 aliphatic heterocycles. The maximum atomic E-state index is 14.1. The highest BCUT2D eigenvalue weighted by molar-refractivity contribution is 5.37. The van der Waals surface area contributed by atoms with E-state index in [-0.39, 0.29) is 5.82 Å². The number of halogens is 1. The second-order valence-corrected chi connectivity index (χ2v) is 5.52. The van der Waals surface area contributed by atoms with Crippen LogP contribution in [0.2, 0.25) is 0 Å². The smallest absolute Gasteiger partial charge is 0.128 e. The molecule has 0 amide bonds. The van der Waals surface area contributed by atoms with Gasteiger partial charge in [0.15, 0.2) is 0 Å². The van der Waals surface area contributed by atoms with Crippen LogP contribution >= 0.6 is 0 Å². The van der Waals surface area contributed by atoms with Crippen LogP contribution in [0.3, 0.4) is 0 Å². The molecule has 0 aromatic heterocycles. The molecule has 0 saturated heterocycles. The third-order valence-electron chi connectivity index (χ3n) is 4.01. The Balaban J connectivity index is 2.01. The van der Waals surface area contributed by atoms with E-state index in [4.69, 9.17) is 5.73 Å². The number of rotatable bonds is 3. The molecule has 1 fully saturated rings. The molecule has 1 aliphatic carbocycles. The summed E-state index contributed by atoms with van der Waals surface area (Å²) in [5, 5.41) is 0. The van der Waals surface area contributed by atoms with E-state index in [1.165, 1.54) is 38.2 Å². The molecule has 0 unspecified atom stereocenters. The molecule has 20 heavy (non-hydrogen) atoms. The molecule has 1 saturated carbocycles. The lowest BCUT2D eigenvalue weighted by atomic mass is 9.94. The molecular weight excluding hydrogens is 251 g/mol. The maximum Gasteiger partial charge on any atom is 0.128 e. The van der Waals surface area contributed by atoms with Crippen LogP contribution in [0.25, 0.3) is 0 Å². The van der Waals surface area contributed by atoms with E-state index in [0.717, 1.165) is 5.56 Å². The zero-order valence-electron chi connectivity index (χ0n) is 12.2. The van der Waals surface area contributed by atoms with Crippen LogP contribution in [0.15, 0.2) is 18.2 Å². The van der Waals surface area contributed by atoms with Crippen LogP contribution in [-0.2, 0) is 6.54 Å². The maximum absolute atomic E-state index is 14.1. The Morgan fingerprint density at radius 2 is 2.05 bits per heavy atom. The molecule has 0 spiro atoms. The average Bonchev–Trinajstić information content (AvgIpc) is 2.48. The van der Waals surface area contributed by atoms with Crippen molar-refractivity contribution >= 4 is 0 Å². The van der Waals surface area contributed by atoms with Gasteiger partial charge in [-0.25, -0.2) is 4.39 Å². The van der Waals surface area contributed by atoms with Crippen molar-refractivity contribution < 1.29 is 4.39 Å². The van der Waals surface area contributed by atoms with Gasteiger partial charge in [-0.3, -0.25) is 4.90 Å². The summed E-state index contributed by atoms with van der Waals surface area (Å²) < 4.78 is 14.1. The summed E-state index contributed by atoms with van der Waals surface area (Å²) in [5.41, 5.74) is 6.76. The molecule has 2 rings (SSSR count). The van der Waals surface area contributed by atoms with Crippen molar-refractivity contribution in [2.75, 3.05) is 13.6 Å². The van der Waals surface area contributed by atoms with Crippen LogP contribution < -0.4 is 5.73 Å². The van der Waals surface area contributed by atoms with Crippen LogP contribution in [-0.4, -0.2) is 24.5 Å². The molecule has 0 heterocycles. The van der Waals surface area contributed by atoms with Crippen molar-refractivity contribution in [3.05, 3.63) is 35.1 Å². The predicted octanol–water partition coefficient (Wildman–Crippen LogP) is 2.90. The van der Waals surface area contributed by atoms with E-state index in [1.54, 1.807) is 0 Å². The van der Waals surface area contributed by atoms with Crippen molar-refractivity contribution in [2.24, 2.45) is 5.73 Å². The molecule has 108 valence electrons. The standard InChI is InChI=1S/C17H23FN2/c1-20(16-7-3-2-4-8-16)13-15-10-9-14(6-5-11-19)12-17(15)18/h9-10,12,16H,2-4,7-8,11,13,19H2,1H3. The Morgan fingerprint density at radius 3 is 2.70 bits per heavy atom. The van der Waals surface area contributed by atoms with Gasteiger partial charge >= 0.3 is 0 Å². The lowest BCUT2D eigenvalue weighted by molar-refractivity contribution is 0.182. The van der Waals surface area contributed by atoms with Gasteiger partial charge < -0.3 is 5.73 Å². The summed E-state index contributed by atoms with van der Waals surface area (Å²) in [6, 6.07) is 5.82. The zero-order chi connectivity index (χ0) is 14.4. The number of nitrogens with zero attached hydrogens (tertiary/aromatic N) is 1. The van der Waals surface area contributed by atoms with Crippen molar-refractivity contribution in [3.63, 3.8) is 0 Å². The van der Waals surface area contributed by atoms with E-state index in [0.29, 0.717) is 24.7 Å². The first-order valence-electron chi connectivity index (χ1n) is 7.38. The van der Waals surface area contributed by atoms with Gasteiger partial charge in [-0.1, -0.05) is 37.2 Å². The summed E-state index contributed by atoms with van der Waals surface area (Å²) in [7, 11) is 2.09. The lowest BCUT2D eigenvalue weighted by Crippen LogP contribution is -2.33. The van der Waals surface area contributed by atoms with Crippen LogP contribution in [0.1, 0.15) is 43.2 Å². The van der Waals surface area contributed by atoms with Crippen LogP contribution in [0, 0.1) is 17.7 Å². The van der Waals surface area contributed by atoms with Gasteiger partial charge in [0.1, 0.15) is 5.82 Å². The normalized spacial score (nSPS) is 16.0. The minimum absolute atomic E-state index is 0.170. The summed E-state index contributed by atoms with van der Waals surface area (Å²) in [4.78, 5) is 2.28. The fourth-order valence-electron chi connectivity index (χ4n) is 2.83. The number of hydrogen-bond donors (Lipinski definition) is 1. The molecule has 0 atom stereocenters. The Labute approximate surface area is 121 Å². The molecule has 2 nitrogen and oxygen atoms in total. The number of benzene rings is 1. The third-order valence-corrected chi connectivity index (χ3v) is 4.01. The van der Waals surface area contributed by atoms with E-state index in [9.17, 15) is 4.39 Å². The van der Waals surface area contributed by atoms with E-state index >= 15 is 0 Å². The topological polar surface area (TPSA) is 29.3 Å². The summed E-state index contributed by atoms with van der Waals surface area (Å²) in [5.74, 6) is 5.43. The Morgan fingerprint density at radius 1 is 1.30 bits per heavy atom. The summed E-state index contributed by atoms with van der Waals surface area (Å²) >= 11 is 0. The highest BCUT2D eigenvalue weighted by Crippen LogP contribution is 2.23. The van der Waals surface area contributed by atoms with Gasteiger partial charge in [-0.05, 0) is 32.0 Å². The van der Waals surface area contributed by atoms with Gasteiger partial charge in [0.2, 0.25) is 0 Å². The van der Waals surface area contributed by atoms with E-state index < -0.39 is 0 Å². The summed E-state index contributed by atoms with van der Waals surface area (Å²) in [6.45, 7) is 0.967. The van der Waals surface area contributed by atoms with Gasteiger partial charge in [0, 0.05) is 23.7 Å². The molecular formula is C17H23FN2. The van der Waals surface area contributed by atoms with Crippen molar-refractivity contribution in [1.82, 2.24) is 4.90 Å². The first kappa shape index (κ1) is 15.0. The minimum atomic E-state index is -0.170. The molecule has 1 aromatic rings.